The third kappa shape index (κ3) is 2.89. The summed E-state index contributed by atoms with van der Waals surface area (Å²) < 4.78 is 41.4. The Morgan fingerprint density at radius 3 is 2.35 bits per heavy atom. The Morgan fingerprint density at radius 2 is 1.77 bits per heavy atom. The van der Waals surface area contributed by atoms with Gasteiger partial charge >= 0.3 is 0 Å². The summed E-state index contributed by atoms with van der Waals surface area (Å²) in [5.41, 5.74) is -0.821. The van der Waals surface area contributed by atoms with Gasteiger partial charge in [-0.1, -0.05) is 0 Å². The molecule has 0 saturated carbocycles. The predicted molar refractivity (Wildman–Crippen MR) is 86.8 cm³/mol. The molecule has 2 aromatic rings. The molecule has 1 aromatic carbocycles. The normalized spacial score (nSPS) is 14.2. The number of carbonyl (C=O) groups excluding carboxylic acids is 1. The number of rotatable bonds is 3. The highest BCUT2D eigenvalue weighted by atomic mass is 19.2. The van der Waals surface area contributed by atoms with Gasteiger partial charge in [-0.25, -0.2) is 13.2 Å². The number of nitrogens with zero attached hydrogens (tertiary/aromatic N) is 3. The summed E-state index contributed by atoms with van der Waals surface area (Å²) in [6.45, 7) is 3.47. The molecule has 0 spiro atoms. The molecule has 9 heteroatoms. The molecule has 1 amide bonds. The molecule has 1 aromatic heterocycles. The highest BCUT2D eigenvalue weighted by Crippen LogP contribution is 2.23. The SMILES string of the molecule is CC(C)N1CN(Cc2cc(F)c(F)c(F)c2)n2ccc(=O)c(O)c2C1=O. The van der Waals surface area contributed by atoms with Gasteiger partial charge in [-0.15, -0.1) is 0 Å². The van der Waals surface area contributed by atoms with Crippen molar-refractivity contribution in [3.8, 4) is 5.75 Å². The molecule has 138 valence electrons. The fraction of sp³-hybridized carbons (Fsp3) is 0.294. The number of pyridine rings is 1. The van der Waals surface area contributed by atoms with E-state index in [2.05, 4.69) is 0 Å². The van der Waals surface area contributed by atoms with Gasteiger partial charge in [0.15, 0.2) is 28.9 Å². The van der Waals surface area contributed by atoms with Gasteiger partial charge in [-0.05, 0) is 31.5 Å². The Kier molecular flexibility index (Phi) is 4.39. The zero-order valence-electron chi connectivity index (χ0n) is 14.0. The van der Waals surface area contributed by atoms with Crippen molar-refractivity contribution in [2.45, 2.75) is 26.4 Å². The molecule has 0 unspecified atom stereocenters. The lowest BCUT2D eigenvalue weighted by atomic mass is 10.2. The van der Waals surface area contributed by atoms with Gasteiger partial charge in [-0.3, -0.25) is 19.3 Å². The highest BCUT2D eigenvalue weighted by Gasteiger charge is 2.33. The van der Waals surface area contributed by atoms with E-state index in [1.807, 2.05) is 0 Å². The van der Waals surface area contributed by atoms with Gasteiger partial charge in [0.25, 0.3) is 5.91 Å². The molecule has 0 atom stereocenters. The summed E-state index contributed by atoms with van der Waals surface area (Å²) in [4.78, 5) is 25.7. The first kappa shape index (κ1) is 17.8. The molecule has 1 aliphatic rings. The summed E-state index contributed by atoms with van der Waals surface area (Å²) >= 11 is 0. The molecule has 3 rings (SSSR count). The van der Waals surface area contributed by atoms with Crippen LogP contribution in [0.25, 0.3) is 0 Å². The number of aromatic hydroxyl groups is 1. The Bertz CT molecular complexity index is 920. The zero-order chi connectivity index (χ0) is 19.2. The molecule has 2 heterocycles. The van der Waals surface area contributed by atoms with Crippen LogP contribution in [0.2, 0.25) is 0 Å². The average Bonchev–Trinajstić information content (AvgIpc) is 2.57. The monoisotopic (exact) mass is 367 g/mol. The summed E-state index contributed by atoms with van der Waals surface area (Å²) in [5.74, 6) is -5.45. The van der Waals surface area contributed by atoms with Gasteiger partial charge in [-0.2, -0.15) is 0 Å². The van der Waals surface area contributed by atoms with E-state index < -0.39 is 34.5 Å². The molecule has 6 nitrogen and oxygen atoms in total. The summed E-state index contributed by atoms with van der Waals surface area (Å²) in [6, 6.07) is 2.54. The fourth-order valence-electron chi connectivity index (χ4n) is 2.83. The molecular weight excluding hydrogens is 351 g/mol. The molecule has 0 radical (unpaired) electrons. The Morgan fingerprint density at radius 1 is 1.15 bits per heavy atom. The van der Waals surface area contributed by atoms with Crippen molar-refractivity contribution in [3.05, 3.63) is 63.3 Å². The van der Waals surface area contributed by atoms with Crippen LogP contribution in [0.5, 0.6) is 5.75 Å². The van der Waals surface area contributed by atoms with E-state index in [-0.39, 0.29) is 30.5 Å². The zero-order valence-corrected chi connectivity index (χ0v) is 14.0. The molecule has 1 N–H and O–H groups in total. The number of halogens is 3. The maximum atomic E-state index is 13.5. The third-order valence-corrected chi connectivity index (χ3v) is 4.17. The summed E-state index contributed by atoms with van der Waals surface area (Å²) in [6.07, 6.45) is 1.29. The molecule has 26 heavy (non-hydrogen) atoms. The lowest BCUT2D eigenvalue weighted by Gasteiger charge is -2.41. The van der Waals surface area contributed by atoms with Crippen molar-refractivity contribution in [1.29, 1.82) is 0 Å². The number of carbonyl (C=O) groups is 1. The summed E-state index contributed by atoms with van der Waals surface area (Å²) in [7, 11) is 0. The van der Waals surface area contributed by atoms with Crippen molar-refractivity contribution >= 4 is 5.91 Å². The molecule has 0 bridgehead atoms. The third-order valence-electron chi connectivity index (χ3n) is 4.17. The maximum absolute atomic E-state index is 13.5. The number of fused-ring (bicyclic) bond motifs is 1. The van der Waals surface area contributed by atoms with Crippen molar-refractivity contribution in [1.82, 2.24) is 9.58 Å². The average molecular weight is 367 g/mol. The standard InChI is InChI=1S/C17H16F3N3O3/c1-9(2)22-8-21(7-10-5-11(18)14(20)12(19)6-10)23-4-3-13(24)16(25)15(23)17(22)26/h3-6,9,25H,7-8H2,1-2H3. The van der Waals surface area contributed by atoms with Crippen LogP contribution < -0.4 is 10.4 Å². The van der Waals surface area contributed by atoms with Gasteiger partial charge < -0.3 is 10.0 Å². The van der Waals surface area contributed by atoms with Crippen LogP contribution in [0, 0.1) is 17.5 Å². The van der Waals surface area contributed by atoms with Crippen molar-refractivity contribution in [2.75, 3.05) is 11.7 Å². The van der Waals surface area contributed by atoms with E-state index in [4.69, 9.17) is 0 Å². The van der Waals surface area contributed by atoms with Crippen LogP contribution in [0.4, 0.5) is 13.2 Å². The minimum atomic E-state index is -1.56. The minimum absolute atomic E-state index is 0.0480. The summed E-state index contributed by atoms with van der Waals surface area (Å²) in [5, 5.41) is 11.5. The van der Waals surface area contributed by atoms with Crippen LogP contribution in [0.3, 0.4) is 0 Å². The number of hydrogen-bond donors (Lipinski definition) is 1. The quantitative estimate of drug-likeness (QED) is 0.842. The van der Waals surface area contributed by atoms with Crippen LogP contribution >= 0.6 is 0 Å². The number of hydrogen-bond acceptors (Lipinski definition) is 4. The lowest BCUT2D eigenvalue weighted by molar-refractivity contribution is 0.0627. The maximum Gasteiger partial charge on any atom is 0.278 e. The molecule has 1 aliphatic heterocycles. The van der Waals surface area contributed by atoms with E-state index in [1.54, 1.807) is 13.8 Å². The second-order valence-corrected chi connectivity index (χ2v) is 6.27. The second-order valence-electron chi connectivity index (χ2n) is 6.27. The van der Waals surface area contributed by atoms with Crippen LogP contribution in [-0.4, -0.2) is 33.3 Å². The van der Waals surface area contributed by atoms with E-state index in [0.717, 1.165) is 18.2 Å². The van der Waals surface area contributed by atoms with Gasteiger partial charge in [0.2, 0.25) is 5.43 Å². The lowest BCUT2D eigenvalue weighted by Crippen LogP contribution is -2.55. The topological polar surface area (TPSA) is 65.8 Å². The van der Waals surface area contributed by atoms with E-state index in [0.29, 0.717) is 0 Å². The molecule has 0 saturated heterocycles. The largest absolute Gasteiger partial charge is 0.502 e. The first-order valence-electron chi connectivity index (χ1n) is 7.85. The Labute approximate surface area is 146 Å². The Balaban J connectivity index is 2.08. The van der Waals surface area contributed by atoms with Gasteiger partial charge in [0.05, 0.1) is 6.54 Å². The predicted octanol–water partition coefficient (Wildman–Crippen LogP) is 1.93. The first-order valence-corrected chi connectivity index (χ1v) is 7.85. The Hall–Kier alpha value is -2.97. The number of aromatic nitrogens is 1. The van der Waals surface area contributed by atoms with Crippen LogP contribution in [0.15, 0.2) is 29.2 Å². The van der Waals surface area contributed by atoms with Crippen LogP contribution in [0.1, 0.15) is 29.9 Å². The fourth-order valence-corrected chi connectivity index (χ4v) is 2.83. The van der Waals surface area contributed by atoms with Crippen LogP contribution in [-0.2, 0) is 6.54 Å². The van der Waals surface area contributed by atoms with E-state index >= 15 is 0 Å². The van der Waals surface area contributed by atoms with E-state index in [1.165, 1.54) is 20.8 Å². The molecule has 0 fully saturated rings. The number of amides is 1. The first-order chi connectivity index (χ1) is 12.2. The van der Waals surface area contributed by atoms with Gasteiger partial charge in [0, 0.05) is 18.3 Å². The van der Waals surface area contributed by atoms with Gasteiger partial charge in [0.1, 0.15) is 6.67 Å². The van der Waals surface area contributed by atoms with Crippen molar-refractivity contribution < 1.29 is 23.1 Å². The molecular formula is C17H16F3N3O3. The minimum Gasteiger partial charge on any atom is -0.502 e. The highest BCUT2D eigenvalue weighted by molar-refractivity contribution is 5.96. The van der Waals surface area contributed by atoms with Crippen molar-refractivity contribution in [3.63, 3.8) is 0 Å². The van der Waals surface area contributed by atoms with Crippen molar-refractivity contribution in [2.24, 2.45) is 0 Å². The second kappa shape index (κ2) is 6.40. The smallest absolute Gasteiger partial charge is 0.278 e. The molecule has 0 aliphatic carbocycles. The number of benzene rings is 1. The van der Waals surface area contributed by atoms with E-state index in [9.17, 15) is 27.9 Å².